The van der Waals surface area contributed by atoms with E-state index in [2.05, 4.69) is 43.2 Å². The summed E-state index contributed by atoms with van der Waals surface area (Å²) in [5.74, 6) is 1.54. The number of likely N-dealkylation sites (tertiary alicyclic amines) is 1. The average molecular weight is 530 g/mol. The highest BCUT2D eigenvalue weighted by atomic mass is 127. The lowest BCUT2D eigenvalue weighted by molar-refractivity contribution is 0.0773. The van der Waals surface area contributed by atoms with E-state index in [4.69, 9.17) is 4.99 Å². The van der Waals surface area contributed by atoms with Gasteiger partial charge in [0.1, 0.15) is 0 Å². The highest BCUT2D eigenvalue weighted by Gasteiger charge is 2.31. The van der Waals surface area contributed by atoms with Gasteiger partial charge in [-0.05, 0) is 58.2 Å². The number of halogens is 1. The number of amides is 1. The summed E-state index contributed by atoms with van der Waals surface area (Å²) in [7, 11) is 0. The smallest absolute Gasteiger partial charge is 0.253 e. The molecule has 0 aromatic heterocycles. The topological polar surface area (TPSA) is 60.0 Å². The molecule has 1 amide bonds. The summed E-state index contributed by atoms with van der Waals surface area (Å²) in [5.41, 5.74) is 1.83. The normalized spacial score (nSPS) is 19.5. The fraction of sp³-hybridized carbons (Fsp3) is 0.652. The molecule has 0 aliphatic carbocycles. The van der Waals surface area contributed by atoms with Gasteiger partial charge in [-0.3, -0.25) is 9.69 Å². The van der Waals surface area contributed by atoms with Crippen molar-refractivity contribution in [2.45, 2.75) is 60.2 Å². The Labute approximate surface area is 199 Å². The molecule has 30 heavy (non-hydrogen) atoms. The molecule has 6 nitrogen and oxygen atoms in total. The molecule has 1 aliphatic heterocycles. The van der Waals surface area contributed by atoms with Gasteiger partial charge < -0.3 is 15.5 Å². The molecule has 0 saturated carbocycles. The molecule has 0 radical (unpaired) electrons. The molecule has 2 unspecified atom stereocenters. The first kappa shape index (κ1) is 26.7. The van der Waals surface area contributed by atoms with E-state index >= 15 is 0 Å². The van der Waals surface area contributed by atoms with Gasteiger partial charge in [-0.2, -0.15) is 0 Å². The number of hydrogen-bond donors (Lipinski definition) is 2. The Hall–Kier alpha value is -1.35. The third-order valence-electron chi connectivity index (χ3n) is 5.71. The molecule has 1 saturated heterocycles. The summed E-state index contributed by atoms with van der Waals surface area (Å²) >= 11 is 0. The number of hydrogen-bond acceptors (Lipinski definition) is 3. The maximum absolute atomic E-state index is 12.4. The maximum Gasteiger partial charge on any atom is 0.253 e. The van der Waals surface area contributed by atoms with Gasteiger partial charge in [0, 0.05) is 50.4 Å². The number of nitrogens with one attached hydrogen (secondary N) is 2. The summed E-state index contributed by atoms with van der Waals surface area (Å²) in [5, 5.41) is 6.98. The first-order chi connectivity index (χ1) is 13.9. The van der Waals surface area contributed by atoms with Crippen LogP contribution in [0, 0.1) is 5.92 Å². The van der Waals surface area contributed by atoms with Crippen LogP contribution in [0.2, 0.25) is 0 Å². The van der Waals surface area contributed by atoms with E-state index in [1.165, 1.54) is 0 Å². The van der Waals surface area contributed by atoms with Gasteiger partial charge in [-0.1, -0.05) is 19.1 Å². The van der Waals surface area contributed by atoms with Crippen LogP contribution in [0.5, 0.6) is 0 Å². The largest absolute Gasteiger partial charge is 0.357 e. The molecule has 1 aliphatic rings. The van der Waals surface area contributed by atoms with Crippen LogP contribution in [-0.4, -0.2) is 66.5 Å². The van der Waals surface area contributed by atoms with Crippen molar-refractivity contribution in [3.63, 3.8) is 0 Å². The third-order valence-corrected chi connectivity index (χ3v) is 5.71. The summed E-state index contributed by atoms with van der Waals surface area (Å²) in [4.78, 5) is 21.6. The quantitative estimate of drug-likeness (QED) is 0.307. The minimum absolute atomic E-state index is 0. The minimum atomic E-state index is 0. The molecule has 1 aromatic carbocycles. The number of guanidine groups is 1. The van der Waals surface area contributed by atoms with Crippen LogP contribution in [-0.2, 0) is 6.54 Å². The Balaban J connectivity index is 0.00000450. The molecule has 170 valence electrons. The summed E-state index contributed by atoms with van der Waals surface area (Å²) < 4.78 is 0. The van der Waals surface area contributed by atoms with Crippen molar-refractivity contribution in [3.8, 4) is 0 Å². The molecule has 1 heterocycles. The molecule has 1 fully saturated rings. The number of carbonyl (C=O) groups is 1. The Morgan fingerprint density at radius 2 is 1.80 bits per heavy atom. The Morgan fingerprint density at radius 3 is 2.30 bits per heavy atom. The van der Waals surface area contributed by atoms with E-state index in [1.54, 1.807) is 0 Å². The lowest BCUT2D eigenvalue weighted by atomic mass is 10.1. The average Bonchev–Trinajstić information content (AvgIpc) is 3.08. The second-order valence-corrected chi connectivity index (χ2v) is 8.15. The van der Waals surface area contributed by atoms with Crippen LogP contribution in [0.4, 0.5) is 0 Å². The fourth-order valence-corrected chi connectivity index (χ4v) is 3.73. The Morgan fingerprint density at radius 1 is 1.17 bits per heavy atom. The third kappa shape index (κ3) is 7.41. The van der Waals surface area contributed by atoms with Gasteiger partial charge in [0.05, 0.1) is 6.54 Å². The van der Waals surface area contributed by atoms with Crippen LogP contribution in [0.1, 0.15) is 57.5 Å². The molecule has 7 heteroatoms. The molecular formula is C23H40IN5O. The SMILES string of the molecule is CCNC(=NCc1ccc(C(=O)N(CC)CC)cc1)NC1CN(C(C)C)CC1C.I. The van der Waals surface area contributed by atoms with Crippen LogP contribution < -0.4 is 10.6 Å². The van der Waals surface area contributed by atoms with E-state index in [0.29, 0.717) is 24.5 Å². The van der Waals surface area contributed by atoms with Crippen molar-refractivity contribution < 1.29 is 4.79 Å². The minimum Gasteiger partial charge on any atom is -0.357 e. The van der Waals surface area contributed by atoms with E-state index in [1.807, 2.05) is 43.0 Å². The Bertz CT molecular complexity index is 673. The standard InChI is InChI=1S/C23H39N5O.HI/c1-7-24-23(26-21-16-28(17(4)5)15-18(21)6)25-14-19-10-12-20(13-11-19)22(29)27(8-2)9-3;/h10-13,17-18,21H,7-9,14-16H2,1-6H3,(H2,24,25,26);1H. The lowest BCUT2D eigenvalue weighted by Gasteiger charge is -2.22. The summed E-state index contributed by atoms with van der Waals surface area (Å²) in [6, 6.07) is 8.80. The second-order valence-electron chi connectivity index (χ2n) is 8.15. The van der Waals surface area contributed by atoms with Crippen molar-refractivity contribution in [1.29, 1.82) is 0 Å². The second kappa shape index (κ2) is 13.1. The van der Waals surface area contributed by atoms with Gasteiger partial charge >= 0.3 is 0 Å². The first-order valence-electron chi connectivity index (χ1n) is 11.1. The van der Waals surface area contributed by atoms with Gasteiger partial charge in [0.2, 0.25) is 0 Å². The zero-order valence-corrected chi connectivity index (χ0v) is 21.8. The monoisotopic (exact) mass is 529 g/mol. The molecule has 2 atom stereocenters. The van der Waals surface area contributed by atoms with Crippen LogP contribution in [0.15, 0.2) is 29.3 Å². The lowest BCUT2D eigenvalue weighted by Crippen LogP contribution is -2.46. The summed E-state index contributed by atoms with van der Waals surface area (Å²) in [6.07, 6.45) is 0. The van der Waals surface area contributed by atoms with E-state index in [-0.39, 0.29) is 29.9 Å². The van der Waals surface area contributed by atoms with E-state index in [0.717, 1.165) is 49.8 Å². The van der Waals surface area contributed by atoms with Crippen LogP contribution >= 0.6 is 24.0 Å². The molecule has 2 rings (SSSR count). The summed E-state index contributed by atoms with van der Waals surface area (Å²) in [6.45, 7) is 17.9. The van der Waals surface area contributed by atoms with E-state index < -0.39 is 0 Å². The van der Waals surface area contributed by atoms with Gasteiger partial charge in [0.25, 0.3) is 5.91 Å². The maximum atomic E-state index is 12.4. The van der Waals surface area contributed by atoms with Crippen LogP contribution in [0.25, 0.3) is 0 Å². The van der Waals surface area contributed by atoms with Crippen LogP contribution in [0.3, 0.4) is 0 Å². The molecule has 0 bridgehead atoms. The fourth-order valence-electron chi connectivity index (χ4n) is 3.73. The zero-order chi connectivity index (χ0) is 21.4. The number of nitrogens with zero attached hydrogens (tertiary/aromatic N) is 3. The molecule has 2 N–H and O–H groups in total. The number of benzene rings is 1. The van der Waals surface area contributed by atoms with Gasteiger partial charge in [0.15, 0.2) is 5.96 Å². The van der Waals surface area contributed by atoms with Crippen molar-refractivity contribution >= 4 is 35.8 Å². The molecular weight excluding hydrogens is 489 g/mol. The number of rotatable bonds is 8. The number of carbonyl (C=O) groups excluding carboxylic acids is 1. The predicted molar refractivity (Wildman–Crippen MR) is 137 cm³/mol. The first-order valence-corrected chi connectivity index (χ1v) is 11.1. The highest BCUT2D eigenvalue weighted by Crippen LogP contribution is 2.18. The molecule has 0 spiro atoms. The highest BCUT2D eigenvalue weighted by molar-refractivity contribution is 14.0. The molecule has 1 aromatic rings. The Kier molecular flexibility index (Phi) is 11.7. The van der Waals surface area contributed by atoms with Gasteiger partial charge in [-0.15, -0.1) is 24.0 Å². The zero-order valence-electron chi connectivity index (χ0n) is 19.4. The van der Waals surface area contributed by atoms with Crippen molar-refractivity contribution in [1.82, 2.24) is 20.4 Å². The number of aliphatic imine (C=N–C) groups is 1. The van der Waals surface area contributed by atoms with Crippen molar-refractivity contribution in [2.24, 2.45) is 10.9 Å². The predicted octanol–water partition coefficient (Wildman–Crippen LogP) is 3.57. The van der Waals surface area contributed by atoms with Crippen molar-refractivity contribution in [3.05, 3.63) is 35.4 Å². The van der Waals surface area contributed by atoms with Crippen molar-refractivity contribution in [2.75, 3.05) is 32.7 Å². The van der Waals surface area contributed by atoms with Gasteiger partial charge in [-0.25, -0.2) is 4.99 Å². The van der Waals surface area contributed by atoms with E-state index in [9.17, 15) is 4.79 Å².